The molecule has 1 aromatic carbocycles. The van der Waals surface area contributed by atoms with Crippen molar-refractivity contribution in [1.29, 1.82) is 0 Å². The van der Waals surface area contributed by atoms with Gasteiger partial charge in [-0.1, -0.05) is 13.8 Å². The Hall–Kier alpha value is -1.46. The summed E-state index contributed by atoms with van der Waals surface area (Å²) >= 11 is 0. The molecule has 0 spiro atoms. The second kappa shape index (κ2) is 7.86. The lowest BCUT2D eigenvalue weighted by Crippen LogP contribution is -2.37. The predicted molar refractivity (Wildman–Crippen MR) is 75.4 cm³/mol. The molecule has 1 rings (SSSR count). The summed E-state index contributed by atoms with van der Waals surface area (Å²) < 4.78 is 12.7. The van der Waals surface area contributed by atoms with Gasteiger partial charge in [0.1, 0.15) is 5.82 Å². The van der Waals surface area contributed by atoms with Crippen molar-refractivity contribution in [3.05, 3.63) is 30.1 Å². The molecular formula is C14H22FN3O. The highest BCUT2D eigenvalue weighted by Crippen LogP contribution is 2.08. The summed E-state index contributed by atoms with van der Waals surface area (Å²) in [6, 6.07) is 5.74. The molecule has 0 aliphatic heterocycles. The fourth-order valence-electron chi connectivity index (χ4n) is 1.76. The molecule has 3 N–H and O–H groups in total. The van der Waals surface area contributed by atoms with Crippen LogP contribution in [0.15, 0.2) is 24.3 Å². The monoisotopic (exact) mass is 267 g/mol. The van der Waals surface area contributed by atoms with Gasteiger partial charge in [-0.2, -0.15) is 0 Å². The first kappa shape index (κ1) is 15.6. The van der Waals surface area contributed by atoms with E-state index in [1.165, 1.54) is 12.1 Å². The van der Waals surface area contributed by atoms with Crippen LogP contribution in [0.1, 0.15) is 13.8 Å². The average Bonchev–Trinajstić information content (AvgIpc) is 2.40. The van der Waals surface area contributed by atoms with Gasteiger partial charge in [-0.3, -0.25) is 9.69 Å². The maximum absolute atomic E-state index is 12.7. The van der Waals surface area contributed by atoms with Crippen molar-refractivity contribution in [3.63, 3.8) is 0 Å². The molecule has 0 heterocycles. The highest BCUT2D eigenvalue weighted by molar-refractivity contribution is 5.92. The van der Waals surface area contributed by atoms with E-state index in [4.69, 9.17) is 5.73 Å². The van der Waals surface area contributed by atoms with Crippen molar-refractivity contribution in [2.45, 2.75) is 13.8 Å². The van der Waals surface area contributed by atoms with Gasteiger partial charge in [-0.05, 0) is 43.3 Å². The summed E-state index contributed by atoms with van der Waals surface area (Å²) in [5.41, 5.74) is 6.19. The van der Waals surface area contributed by atoms with E-state index in [-0.39, 0.29) is 11.7 Å². The van der Waals surface area contributed by atoms with E-state index in [0.717, 1.165) is 13.1 Å². The number of nitrogens with one attached hydrogen (secondary N) is 1. The number of likely N-dealkylation sites (N-methyl/N-ethyl adjacent to an activating group) is 1. The molecule has 0 aromatic heterocycles. The van der Waals surface area contributed by atoms with Crippen molar-refractivity contribution in [1.82, 2.24) is 4.90 Å². The fourth-order valence-corrected chi connectivity index (χ4v) is 1.76. The van der Waals surface area contributed by atoms with Gasteiger partial charge < -0.3 is 11.1 Å². The van der Waals surface area contributed by atoms with Gasteiger partial charge in [0.05, 0.1) is 6.54 Å². The quantitative estimate of drug-likeness (QED) is 0.790. The van der Waals surface area contributed by atoms with Crippen molar-refractivity contribution < 1.29 is 9.18 Å². The lowest BCUT2D eigenvalue weighted by atomic mass is 10.1. The molecule has 0 bridgehead atoms. The first-order chi connectivity index (χ1) is 9.05. The number of carbonyl (C=O) groups is 1. The van der Waals surface area contributed by atoms with Crippen LogP contribution in [0.4, 0.5) is 10.1 Å². The predicted octanol–water partition coefficient (Wildman–Crippen LogP) is 1.68. The average molecular weight is 267 g/mol. The van der Waals surface area contributed by atoms with Gasteiger partial charge in [0, 0.05) is 12.2 Å². The highest BCUT2D eigenvalue weighted by atomic mass is 19.1. The maximum atomic E-state index is 12.7. The first-order valence-corrected chi connectivity index (χ1v) is 6.53. The van der Waals surface area contributed by atoms with Gasteiger partial charge in [0.25, 0.3) is 0 Å². The Morgan fingerprint density at radius 2 is 2.05 bits per heavy atom. The Morgan fingerprint density at radius 1 is 1.42 bits per heavy atom. The molecule has 0 saturated carbocycles. The third-order valence-electron chi connectivity index (χ3n) is 2.91. The number of hydrogen-bond donors (Lipinski definition) is 2. The largest absolute Gasteiger partial charge is 0.330 e. The third kappa shape index (κ3) is 5.81. The van der Waals surface area contributed by atoms with E-state index >= 15 is 0 Å². The lowest BCUT2D eigenvalue weighted by molar-refractivity contribution is -0.117. The Labute approximate surface area is 113 Å². The van der Waals surface area contributed by atoms with Crippen LogP contribution in [-0.4, -0.2) is 37.0 Å². The molecule has 1 aromatic rings. The van der Waals surface area contributed by atoms with Crippen LogP contribution < -0.4 is 11.1 Å². The number of amides is 1. The normalized spacial score (nSPS) is 12.5. The number of anilines is 1. The molecule has 4 nitrogen and oxygen atoms in total. The molecular weight excluding hydrogens is 245 g/mol. The van der Waals surface area contributed by atoms with Gasteiger partial charge in [0.15, 0.2) is 0 Å². The summed E-state index contributed by atoms with van der Waals surface area (Å²) in [5, 5.41) is 2.75. The Bertz CT molecular complexity index is 394. The Kier molecular flexibility index (Phi) is 6.45. The molecule has 0 aliphatic carbocycles. The summed E-state index contributed by atoms with van der Waals surface area (Å²) in [6.07, 6.45) is 0. The Morgan fingerprint density at radius 3 is 2.58 bits per heavy atom. The molecule has 5 heteroatoms. The first-order valence-electron chi connectivity index (χ1n) is 6.53. The SMILES string of the molecule is CCN(CC(=O)Nc1ccc(F)cc1)CC(C)CN. The molecule has 0 radical (unpaired) electrons. The van der Waals surface area contributed by atoms with E-state index < -0.39 is 0 Å². The van der Waals surface area contributed by atoms with E-state index in [1.807, 2.05) is 11.8 Å². The van der Waals surface area contributed by atoms with E-state index in [2.05, 4.69) is 12.2 Å². The van der Waals surface area contributed by atoms with Gasteiger partial charge >= 0.3 is 0 Å². The van der Waals surface area contributed by atoms with E-state index in [9.17, 15) is 9.18 Å². The summed E-state index contributed by atoms with van der Waals surface area (Å²) in [7, 11) is 0. The zero-order chi connectivity index (χ0) is 14.3. The molecule has 19 heavy (non-hydrogen) atoms. The Balaban J connectivity index is 2.46. The molecule has 0 aliphatic rings. The molecule has 0 saturated heterocycles. The van der Waals surface area contributed by atoms with Crippen LogP contribution >= 0.6 is 0 Å². The number of benzene rings is 1. The van der Waals surface area contributed by atoms with Crippen LogP contribution in [0.2, 0.25) is 0 Å². The van der Waals surface area contributed by atoms with Crippen molar-refractivity contribution in [2.24, 2.45) is 11.7 Å². The van der Waals surface area contributed by atoms with Crippen molar-refractivity contribution in [2.75, 3.05) is 31.5 Å². The van der Waals surface area contributed by atoms with Gasteiger partial charge in [-0.15, -0.1) is 0 Å². The number of rotatable bonds is 7. The summed E-state index contributed by atoms with van der Waals surface area (Å²) in [4.78, 5) is 13.9. The molecule has 1 atom stereocenters. The number of nitrogens with two attached hydrogens (primary N) is 1. The molecule has 1 amide bonds. The standard InChI is InChI=1S/C14H22FN3O/c1-3-18(9-11(2)8-16)10-14(19)17-13-6-4-12(15)5-7-13/h4-7,11H,3,8-10,16H2,1-2H3,(H,17,19). The number of nitrogens with zero attached hydrogens (tertiary/aromatic N) is 1. The second-order valence-electron chi connectivity index (χ2n) is 4.72. The van der Waals surface area contributed by atoms with Crippen LogP contribution in [0.25, 0.3) is 0 Å². The molecule has 0 fully saturated rings. The van der Waals surface area contributed by atoms with Crippen LogP contribution in [0, 0.1) is 11.7 Å². The maximum Gasteiger partial charge on any atom is 0.238 e. The van der Waals surface area contributed by atoms with Crippen LogP contribution in [0.3, 0.4) is 0 Å². The lowest BCUT2D eigenvalue weighted by Gasteiger charge is -2.22. The minimum atomic E-state index is -0.315. The van der Waals surface area contributed by atoms with Gasteiger partial charge in [0.2, 0.25) is 5.91 Å². The molecule has 106 valence electrons. The van der Waals surface area contributed by atoms with Gasteiger partial charge in [-0.25, -0.2) is 4.39 Å². The number of carbonyl (C=O) groups excluding carboxylic acids is 1. The smallest absolute Gasteiger partial charge is 0.238 e. The van der Waals surface area contributed by atoms with Crippen molar-refractivity contribution >= 4 is 11.6 Å². The summed E-state index contributed by atoms with van der Waals surface area (Å²) in [5.74, 6) is -0.0544. The van der Waals surface area contributed by atoms with Crippen LogP contribution in [-0.2, 0) is 4.79 Å². The number of halogens is 1. The fraction of sp³-hybridized carbons (Fsp3) is 0.500. The van der Waals surface area contributed by atoms with Crippen molar-refractivity contribution in [3.8, 4) is 0 Å². The molecule has 1 unspecified atom stereocenters. The third-order valence-corrected chi connectivity index (χ3v) is 2.91. The minimum Gasteiger partial charge on any atom is -0.330 e. The minimum absolute atomic E-state index is 0.0994. The zero-order valence-corrected chi connectivity index (χ0v) is 11.5. The summed E-state index contributed by atoms with van der Waals surface area (Å²) in [6.45, 7) is 6.58. The second-order valence-corrected chi connectivity index (χ2v) is 4.72. The highest BCUT2D eigenvalue weighted by Gasteiger charge is 2.12. The zero-order valence-electron chi connectivity index (χ0n) is 11.5. The van der Waals surface area contributed by atoms with E-state index in [0.29, 0.717) is 24.7 Å². The van der Waals surface area contributed by atoms with Crippen LogP contribution in [0.5, 0.6) is 0 Å². The van der Waals surface area contributed by atoms with E-state index in [1.54, 1.807) is 12.1 Å². The number of hydrogen-bond acceptors (Lipinski definition) is 3. The topological polar surface area (TPSA) is 58.4 Å².